The van der Waals surface area contributed by atoms with Crippen LogP contribution in [0, 0.1) is 11.8 Å². The van der Waals surface area contributed by atoms with E-state index >= 15 is 0 Å². The van der Waals surface area contributed by atoms with Gasteiger partial charge < -0.3 is 14.8 Å². The first-order valence-electron chi connectivity index (χ1n) is 9.53. The molecule has 146 valence electrons. The van der Waals surface area contributed by atoms with Crippen molar-refractivity contribution >= 4 is 17.5 Å². The van der Waals surface area contributed by atoms with Gasteiger partial charge in [0.05, 0.1) is 6.20 Å². The molecule has 1 N–H and O–H groups in total. The molecule has 2 aromatic heterocycles. The zero-order valence-electron chi connectivity index (χ0n) is 15.6. The molecular weight excluding hydrogens is 370 g/mol. The standard InChI is InChI=1S/C20H19N7O2/c28-19(23-15-4-2-1-3-5-15)18-25-24-17-8-13-10-26(11-14(13)12-27(17)18)20(29)16-9-21-6-7-22-16/h1-7,9,13-14H,8,10-12H2,(H,23,28)/t13-,14-/m0/s1. The number of fused-ring (bicyclic) bond motifs is 2. The van der Waals surface area contributed by atoms with Crippen LogP contribution in [0.1, 0.15) is 26.9 Å². The number of aromatic nitrogens is 5. The molecule has 9 heteroatoms. The zero-order chi connectivity index (χ0) is 19.8. The summed E-state index contributed by atoms with van der Waals surface area (Å²) in [4.78, 5) is 35.3. The van der Waals surface area contributed by atoms with E-state index < -0.39 is 0 Å². The fraction of sp³-hybridized carbons (Fsp3) is 0.300. The van der Waals surface area contributed by atoms with Gasteiger partial charge in [0.15, 0.2) is 0 Å². The third-order valence-corrected chi connectivity index (χ3v) is 5.57. The summed E-state index contributed by atoms with van der Waals surface area (Å²) >= 11 is 0. The molecule has 0 spiro atoms. The van der Waals surface area contributed by atoms with Crippen molar-refractivity contribution in [2.45, 2.75) is 13.0 Å². The van der Waals surface area contributed by atoms with Gasteiger partial charge in [0.2, 0.25) is 5.82 Å². The van der Waals surface area contributed by atoms with Crippen LogP contribution in [-0.4, -0.2) is 54.5 Å². The summed E-state index contributed by atoms with van der Waals surface area (Å²) in [6.07, 6.45) is 5.26. The quantitative estimate of drug-likeness (QED) is 0.723. The summed E-state index contributed by atoms with van der Waals surface area (Å²) in [6.45, 7) is 1.89. The molecule has 3 aromatic rings. The minimum atomic E-state index is -0.279. The molecule has 2 amide bonds. The maximum Gasteiger partial charge on any atom is 0.293 e. The molecule has 29 heavy (non-hydrogen) atoms. The molecule has 0 radical (unpaired) electrons. The van der Waals surface area contributed by atoms with Crippen LogP contribution in [0.2, 0.25) is 0 Å². The number of carbonyl (C=O) groups is 2. The van der Waals surface area contributed by atoms with Crippen molar-refractivity contribution in [3.05, 3.63) is 66.3 Å². The Morgan fingerprint density at radius 3 is 2.62 bits per heavy atom. The number of amides is 2. The van der Waals surface area contributed by atoms with Gasteiger partial charge in [0.25, 0.3) is 11.8 Å². The highest BCUT2D eigenvalue weighted by molar-refractivity contribution is 6.01. The van der Waals surface area contributed by atoms with E-state index in [9.17, 15) is 9.59 Å². The lowest BCUT2D eigenvalue weighted by Crippen LogP contribution is -2.31. The molecule has 5 rings (SSSR count). The number of nitrogens with one attached hydrogen (secondary N) is 1. The van der Waals surface area contributed by atoms with Crippen molar-refractivity contribution < 1.29 is 9.59 Å². The number of carbonyl (C=O) groups excluding carboxylic acids is 2. The molecule has 1 saturated heterocycles. The van der Waals surface area contributed by atoms with Gasteiger partial charge in [-0.05, 0) is 24.0 Å². The highest BCUT2D eigenvalue weighted by atomic mass is 16.2. The Morgan fingerprint density at radius 1 is 1.00 bits per heavy atom. The van der Waals surface area contributed by atoms with Crippen LogP contribution >= 0.6 is 0 Å². The first kappa shape index (κ1) is 17.5. The van der Waals surface area contributed by atoms with E-state index in [1.54, 1.807) is 6.20 Å². The molecule has 0 unspecified atom stereocenters. The average Bonchev–Trinajstić information content (AvgIpc) is 3.36. The molecule has 4 heterocycles. The van der Waals surface area contributed by atoms with Crippen molar-refractivity contribution in [1.29, 1.82) is 0 Å². The topological polar surface area (TPSA) is 106 Å². The van der Waals surface area contributed by atoms with Crippen molar-refractivity contribution in [3.63, 3.8) is 0 Å². The third-order valence-electron chi connectivity index (χ3n) is 5.57. The number of likely N-dealkylation sites (tertiary alicyclic amines) is 1. The minimum Gasteiger partial charge on any atom is -0.337 e. The predicted molar refractivity (Wildman–Crippen MR) is 103 cm³/mol. The fourth-order valence-corrected chi connectivity index (χ4v) is 4.14. The fourth-order valence-electron chi connectivity index (χ4n) is 4.14. The highest BCUT2D eigenvalue weighted by Gasteiger charge is 2.41. The van der Waals surface area contributed by atoms with Crippen molar-refractivity contribution in [2.24, 2.45) is 11.8 Å². The average molecular weight is 389 g/mol. The molecule has 2 aliphatic heterocycles. The largest absolute Gasteiger partial charge is 0.337 e. The van der Waals surface area contributed by atoms with Crippen LogP contribution < -0.4 is 5.32 Å². The second-order valence-corrected chi connectivity index (χ2v) is 7.40. The van der Waals surface area contributed by atoms with Gasteiger partial charge in [-0.3, -0.25) is 14.6 Å². The van der Waals surface area contributed by atoms with Crippen molar-refractivity contribution in [3.8, 4) is 0 Å². The van der Waals surface area contributed by atoms with E-state index in [0.29, 0.717) is 49.2 Å². The second kappa shape index (κ2) is 7.08. The summed E-state index contributed by atoms with van der Waals surface area (Å²) in [5, 5.41) is 11.2. The lowest BCUT2D eigenvalue weighted by Gasteiger charge is -2.25. The Morgan fingerprint density at radius 2 is 1.83 bits per heavy atom. The van der Waals surface area contributed by atoms with Crippen LogP contribution in [0.25, 0.3) is 0 Å². The van der Waals surface area contributed by atoms with Crippen LogP contribution in [-0.2, 0) is 13.0 Å². The number of anilines is 1. The van der Waals surface area contributed by atoms with E-state index in [-0.39, 0.29) is 17.7 Å². The maximum absolute atomic E-state index is 12.7. The molecule has 9 nitrogen and oxygen atoms in total. The molecule has 2 aliphatic rings. The van der Waals surface area contributed by atoms with Crippen LogP contribution in [0.15, 0.2) is 48.9 Å². The first-order valence-corrected chi connectivity index (χ1v) is 9.53. The number of rotatable bonds is 3. The highest BCUT2D eigenvalue weighted by Crippen LogP contribution is 2.33. The molecule has 1 fully saturated rings. The summed E-state index contributed by atoms with van der Waals surface area (Å²) in [5.41, 5.74) is 1.07. The molecule has 0 saturated carbocycles. The van der Waals surface area contributed by atoms with E-state index in [1.165, 1.54) is 12.4 Å². The number of nitrogens with zero attached hydrogens (tertiary/aromatic N) is 6. The van der Waals surface area contributed by atoms with E-state index in [2.05, 4.69) is 25.5 Å². The Bertz CT molecular complexity index is 1050. The Balaban J connectivity index is 1.31. The van der Waals surface area contributed by atoms with Crippen molar-refractivity contribution in [1.82, 2.24) is 29.6 Å². The SMILES string of the molecule is O=C(Nc1ccccc1)c1nnc2n1C[C@@H]1CN(C(=O)c3cnccn3)C[C@@H]1C2. The molecule has 0 aliphatic carbocycles. The molecule has 1 aromatic carbocycles. The molecule has 2 atom stereocenters. The van der Waals surface area contributed by atoms with Crippen LogP contribution in [0.5, 0.6) is 0 Å². The van der Waals surface area contributed by atoms with E-state index in [1.807, 2.05) is 39.8 Å². The monoisotopic (exact) mass is 389 g/mol. The van der Waals surface area contributed by atoms with Gasteiger partial charge >= 0.3 is 0 Å². The van der Waals surface area contributed by atoms with Gasteiger partial charge in [0, 0.05) is 44.1 Å². The normalized spacial score (nSPS) is 20.1. The molecule has 0 bridgehead atoms. The Labute approximate surface area is 166 Å². The number of benzene rings is 1. The van der Waals surface area contributed by atoms with Crippen LogP contribution in [0.4, 0.5) is 5.69 Å². The smallest absolute Gasteiger partial charge is 0.293 e. The van der Waals surface area contributed by atoms with Gasteiger partial charge in [0.1, 0.15) is 11.5 Å². The summed E-state index contributed by atoms with van der Waals surface area (Å²) in [5.74, 6) is 1.27. The predicted octanol–water partition coefficient (Wildman–Crippen LogP) is 1.26. The van der Waals surface area contributed by atoms with Crippen LogP contribution in [0.3, 0.4) is 0 Å². The lowest BCUT2D eigenvalue weighted by atomic mass is 9.89. The summed E-state index contributed by atoms with van der Waals surface area (Å²) in [7, 11) is 0. The second-order valence-electron chi connectivity index (χ2n) is 7.40. The van der Waals surface area contributed by atoms with Crippen molar-refractivity contribution in [2.75, 3.05) is 18.4 Å². The summed E-state index contributed by atoms with van der Waals surface area (Å²) in [6, 6.07) is 9.27. The minimum absolute atomic E-state index is 0.106. The van der Waals surface area contributed by atoms with Gasteiger partial charge in [-0.15, -0.1) is 10.2 Å². The van der Waals surface area contributed by atoms with Gasteiger partial charge in [-0.2, -0.15) is 0 Å². The van der Waals surface area contributed by atoms with Gasteiger partial charge in [-0.1, -0.05) is 18.2 Å². The zero-order valence-corrected chi connectivity index (χ0v) is 15.6. The first-order chi connectivity index (χ1) is 14.2. The maximum atomic E-state index is 12.7. The Kier molecular flexibility index (Phi) is 4.27. The number of para-hydroxylation sites is 1. The number of hydrogen-bond donors (Lipinski definition) is 1. The lowest BCUT2D eigenvalue weighted by molar-refractivity contribution is 0.0777. The van der Waals surface area contributed by atoms with Gasteiger partial charge in [-0.25, -0.2) is 4.98 Å². The third kappa shape index (κ3) is 3.24. The van der Waals surface area contributed by atoms with E-state index in [0.717, 1.165) is 5.82 Å². The van der Waals surface area contributed by atoms with E-state index in [4.69, 9.17) is 0 Å². The molecular formula is C20H19N7O2. The number of hydrogen-bond acceptors (Lipinski definition) is 6. The Hall–Kier alpha value is -3.62. The summed E-state index contributed by atoms with van der Waals surface area (Å²) < 4.78 is 1.88.